The Morgan fingerprint density at radius 2 is 0.881 bits per heavy atom. The quantitative estimate of drug-likeness (QED) is 0.176. The molecule has 0 unspecified atom stereocenters. The van der Waals surface area contributed by atoms with Gasteiger partial charge in [-0.05, 0) is 58.7 Å². The standard InChI is InChI=1S/C54H37N5/c1-54(2)42-30-15-12-27-39(42)45-46-40-28-13-16-31-43(40)59(49(46)47-41-29-14-17-32-44(41)58(50(47)48(45)54)37-24-10-5-11-25-37)38-26-18-23-36(33-38)53-56-51(34-19-6-3-7-20-34)55-52(57-53)35-21-8-4-9-22-35/h3-33H,1-2H3. The van der Waals surface area contributed by atoms with Gasteiger partial charge < -0.3 is 9.13 Å². The van der Waals surface area contributed by atoms with E-state index in [0.717, 1.165) is 33.6 Å². The second-order valence-electron chi connectivity index (χ2n) is 16.0. The maximum absolute atomic E-state index is 5.13. The summed E-state index contributed by atoms with van der Waals surface area (Å²) < 4.78 is 5.00. The molecule has 0 aliphatic heterocycles. The van der Waals surface area contributed by atoms with Crippen molar-refractivity contribution in [2.45, 2.75) is 19.3 Å². The first-order chi connectivity index (χ1) is 29.1. The van der Waals surface area contributed by atoms with Crippen LogP contribution in [0.3, 0.4) is 0 Å². The van der Waals surface area contributed by atoms with Crippen LogP contribution in [0.5, 0.6) is 0 Å². The van der Waals surface area contributed by atoms with Crippen molar-refractivity contribution in [1.82, 2.24) is 24.1 Å². The molecule has 0 saturated carbocycles. The summed E-state index contributed by atoms with van der Waals surface area (Å²) in [6, 6.07) is 66.8. The van der Waals surface area contributed by atoms with E-state index < -0.39 is 0 Å². The second-order valence-corrected chi connectivity index (χ2v) is 16.0. The molecule has 0 N–H and O–H groups in total. The largest absolute Gasteiger partial charge is 0.309 e. The third-order valence-electron chi connectivity index (χ3n) is 12.3. The predicted octanol–water partition coefficient (Wildman–Crippen LogP) is 13.4. The Labute approximate surface area is 341 Å². The van der Waals surface area contributed by atoms with Gasteiger partial charge in [-0.1, -0.05) is 166 Å². The van der Waals surface area contributed by atoms with Crippen molar-refractivity contribution in [3.8, 4) is 56.7 Å². The van der Waals surface area contributed by atoms with E-state index in [-0.39, 0.29) is 5.41 Å². The molecule has 5 nitrogen and oxygen atoms in total. The Morgan fingerprint density at radius 1 is 0.407 bits per heavy atom. The van der Waals surface area contributed by atoms with E-state index in [1.54, 1.807) is 0 Å². The van der Waals surface area contributed by atoms with Crippen molar-refractivity contribution in [3.05, 3.63) is 199 Å². The molecular weight excluding hydrogens is 719 g/mol. The Morgan fingerprint density at radius 3 is 1.53 bits per heavy atom. The third-order valence-corrected chi connectivity index (χ3v) is 12.3. The van der Waals surface area contributed by atoms with E-state index >= 15 is 0 Å². The maximum Gasteiger partial charge on any atom is 0.164 e. The zero-order chi connectivity index (χ0) is 39.2. The lowest BCUT2D eigenvalue weighted by molar-refractivity contribution is 0.664. The van der Waals surface area contributed by atoms with Crippen LogP contribution in [-0.2, 0) is 5.41 Å². The van der Waals surface area contributed by atoms with Gasteiger partial charge in [0.05, 0.1) is 22.1 Å². The van der Waals surface area contributed by atoms with Crippen LogP contribution >= 0.6 is 0 Å². The first-order valence-corrected chi connectivity index (χ1v) is 20.2. The number of hydrogen-bond donors (Lipinski definition) is 0. The molecule has 11 aromatic rings. The lowest BCUT2D eigenvalue weighted by Gasteiger charge is -2.24. The maximum atomic E-state index is 5.13. The molecule has 59 heavy (non-hydrogen) atoms. The minimum atomic E-state index is -0.256. The molecule has 0 spiro atoms. The van der Waals surface area contributed by atoms with Gasteiger partial charge in [0.25, 0.3) is 0 Å². The molecule has 3 aromatic heterocycles. The van der Waals surface area contributed by atoms with Crippen molar-refractivity contribution < 1.29 is 0 Å². The van der Waals surface area contributed by atoms with Crippen molar-refractivity contribution in [2.75, 3.05) is 0 Å². The smallest absolute Gasteiger partial charge is 0.164 e. The van der Waals surface area contributed by atoms with Crippen LogP contribution in [0.2, 0.25) is 0 Å². The van der Waals surface area contributed by atoms with Crippen LogP contribution in [0.25, 0.3) is 100 Å². The molecule has 0 radical (unpaired) electrons. The minimum absolute atomic E-state index is 0.256. The van der Waals surface area contributed by atoms with E-state index in [2.05, 4.69) is 175 Å². The summed E-state index contributed by atoms with van der Waals surface area (Å²) >= 11 is 0. The van der Waals surface area contributed by atoms with E-state index in [0.29, 0.717) is 17.5 Å². The van der Waals surface area contributed by atoms with Crippen molar-refractivity contribution in [2.24, 2.45) is 0 Å². The molecule has 5 heteroatoms. The van der Waals surface area contributed by atoms with Gasteiger partial charge in [-0.2, -0.15) is 0 Å². The van der Waals surface area contributed by atoms with Gasteiger partial charge in [-0.15, -0.1) is 0 Å². The van der Waals surface area contributed by atoms with Gasteiger partial charge in [0.1, 0.15) is 0 Å². The van der Waals surface area contributed by atoms with Gasteiger partial charge in [0.15, 0.2) is 17.5 Å². The molecule has 0 bridgehead atoms. The van der Waals surface area contributed by atoms with Crippen molar-refractivity contribution >= 4 is 43.6 Å². The van der Waals surface area contributed by atoms with Crippen LogP contribution in [0.1, 0.15) is 25.0 Å². The number of fused-ring (bicyclic) bond motifs is 12. The highest BCUT2D eigenvalue weighted by Gasteiger charge is 2.41. The lowest BCUT2D eigenvalue weighted by Crippen LogP contribution is -2.16. The molecule has 12 rings (SSSR count). The molecule has 0 fully saturated rings. The Hall–Kier alpha value is -7.63. The molecule has 1 aliphatic rings. The molecule has 1 aliphatic carbocycles. The molecular formula is C54H37N5. The van der Waals surface area contributed by atoms with Crippen molar-refractivity contribution in [1.29, 1.82) is 0 Å². The molecule has 0 saturated heterocycles. The first-order valence-electron chi connectivity index (χ1n) is 20.2. The summed E-state index contributed by atoms with van der Waals surface area (Å²) in [5.74, 6) is 1.91. The highest BCUT2D eigenvalue weighted by Crippen LogP contribution is 2.58. The van der Waals surface area contributed by atoms with Gasteiger partial charge in [-0.3, -0.25) is 0 Å². The van der Waals surface area contributed by atoms with Crippen molar-refractivity contribution in [3.63, 3.8) is 0 Å². The van der Waals surface area contributed by atoms with E-state index in [4.69, 9.17) is 15.0 Å². The molecule has 3 heterocycles. The number of hydrogen-bond acceptors (Lipinski definition) is 3. The average molecular weight is 756 g/mol. The fourth-order valence-corrected chi connectivity index (χ4v) is 9.78. The molecule has 278 valence electrons. The Balaban J connectivity index is 1.22. The van der Waals surface area contributed by atoms with Crippen LogP contribution in [0.15, 0.2) is 188 Å². The highest BCUT2D eigenvalue weighted by atomic mass is 15.0. The molecule has 0 atom stereocenters. The van der Waals surface area contributed by atoms with E-state index in [1.807, 2.05) is 36.4 Å². The summed E-state index contributed by atoms with van der Waals surface area (Å²) in [5, 5.41) is 4.98. The van der Waals surface area contributed by atoms with Gasteiger partial charge in [0, 0.05) is 55.0 Å². The number of nitrogens with zero attached hydrogens (tertiary/aromatic N) is 5. The topological polar surface area (TPSA) is 48.5 Å². The zero-order valence-corrected chi connectivity index (χ0v) is 32.6. The summed E-state index contributed by atoms with van der Waals surface area (Å²) in [7, 11) is 0. The Bertz CT molecular complexity index is 3390. The fourth-order valence-electron chi connectivity index (χ4n) is 9.78. The number of rotatable bonds is 5. The number of para-hydroxylation sites is 3. The van der Waals surface area contributed by atoms with Gasteiger partial charge in [-0.25, -0.2) is 15.0 Å². The van der Waals surface area contributed by atoms with E-state index in [9.17, 15) is 0 Å². The predicted molar refractivity (Wildman–Crippen MR) is 242 cm³/mol. The minimum Gasteiger partial charge on any atom is -0.309 e. The van der Waals surface area contributed by atoms with Gasteiger partial charge in [0.2, 0.25) is 0 Å². The monoisotopic (exact) mass is 755 g/mol. The normalized spacial score (nSPS) is 13.1. The summed E-state index contributed by atoms with van der Waals surface area (Å²) in [4.78, 5) is 15.2. The summed E-state index contributed by atoms with van der Waals surface area (Å²) in [6.07, 6.45) is 0. The van der Waals surface area contributed by atoms with Crippen LogP contribution in [0.4, 0.5) is 0 Å². The lowest BCUT2D eigenvalue weighted by atomic mass is 9.81. The van der Waals surface area contributed by atoms with Gasteiger partial charge >= 0.3 is 0 Å². The highest BCUT2D eigenvalue weighted by molar-refractivity contribution is 6.32. The second kappa shape index (κ2) is 12.7. The van der Waals surface area contributed by atoms with Crippen LogP contribution in [0, 0.1) is 0 Å². The van der Waals surface area contributed by atoms with E-state index in [1.165, 1.54) is 60.3 Å². The van der Waals surface area contributed by atoms with Crippen LogP contribution < -0.4 is 0 Å². The SMILES string of the molecule is CC1(C)c2ccccc2-c2c1c1c(c3ccccc3n1-c1ccccc1)c1c2c2ccccc2n1-c1cccc(-c2nc(-c3ccccc3)nc(-c3ccccc3)n2)c1. The fraction of sp³-hybridized carbons (Fsp3) is 0.0556. The Kier molecular flexibility index (Phi) is 7.20. The first kappa shape index (κ1) is 33.5. The average Bonchev–Trinajstić information content (AvgIpc) is 3.90. The van der Waals surface area contributed by atoms with Crippen LogP contribution in [-0.4, -0.2) is 24.1 Å². The number of aromatic nitrogens is 5. The number of benzene rings is 8. The third kappa shape index (κ3) is 4.88. The molecule has 0 amide bonds. The molecule has 8 aromatic carbocycles. The summed E-state index contributed by atoms with van der Waals surface area (Å²) in [5.41, 5.74) is 14.9. The zero-order valence-electron chi connectivity index (χ0n) is 32.6. The summed E-state index contributed by atoms with van der Waals surface area (Å²) in [6.45, 7) is 4.81.